The van der Waals surface area contributed by atoms with E-state index < -0.39 is 0 Å². The highest BCUT2D eigenvalue weighted by atomic mass is 32.1. The van der Waals surface area contributed by atoms with E-state index in [9.17, 15) is 4.79 Å². The normalized spacial score (nSPS) is 38.7. The summed E-state index contributed by atoms with van der Waals surface area (Å²) in [6, 6.07) is 4.00. The van der Waals surface area contributed by atoms with Crippen molar-refractivity contribution in [2.45, 2.75) is 112 Å². The monoisotopic (exact) mass is 501 g/mol. The minimum absolute atomic E-state index is 0.274. The first kappa shape index (κ1) is 27.0. The zero-order valence-electron chi connectivity index (χ0n) is 23.1. The molecule has 3 nitrogen and oxygen atoms in total. The van der Waals surface area contributed by atoms with E-state index in [-0.39, 0.29) is 6.09 Å². The first-order valence-corrected chi connectivity index (χ1v) is 15.7. The van der Waals surface area contributed by atoms with Gasteiger partial charge in [0.25, 0.3) is 0 Å². The molecule has 0 aliphatic heterocycles. The number of hydrogen-bond donors (Lipinski definition) is 1. The standard InChI is InChI=1S/C29H45NO2S.C2H6/c1-20(14-17-30-27(31)32-19-22-8-6-18-33-22)24-11-12-25-23-10-9-21-7-4-5-15-28(21,2)26(23)13-16-29(24,25)3;1-2/h6,8,18,20-21,23-26H,4-5,7,9-17,19H2,1-3H3,(H,30,31);1-2H3. The van der Waals surface area contributed by atoms with Crippen LogP contribution in [0.4, 0.5) is 4.79 Å². The largest absolute Gasteiger partial charge is 0.444 e. The van der Waals surface area contributed by atoms with Crippen molar-refractivity contribution in [3.05, 3.63) is 22.4 Å². The van der Waals surface area contributed by atoms with Crippen molar-refractivity contribution < 1.29 is 9.53 Å². The molecule has 198 valence electrons. The quantitative estimate of drug-likeness (QED) is 0.422. The molecule has 4 aliphatic rings. The van der Waals surface area contributed by atoms with E-state index in [1.807, 2.05) is 31.4 Å². The van der Waals surface area contributed by atoms with E-state index in [2.05, 4.69) is 26.1 Å². The second kappa shape index (κ2) is 11.6. The maximum atomic E-state index is 12.1. The van der Waals surface area contributed by atoms with Crippen LogP contribution in [0.3, 0.4) is 0 Å². The van der Waals surface area contributed by atoms with Crippen molar-refractivity contribution in [1.82, 2.24) is 5.32 Å². The Balaban J connectivity index is 0.00000141. The molecule has 1 N–H and O–H groups in total. The second-order valence-electron chi connectivity index (χ2n) is 12.5. The smallest absolute Gasteiger partial charge is 0.407 e. The van der Waals surface area contributed by atoms with Crippen LogP contribution in [0.1, 0.15) is 110 Å². The molecule has 8 unspecified atom stereocenters. The average Bonchev–Trinajstić information content (AvgIpc) is 3.51. The lowest BCUT2D eigenvalue weighted by Crippen LogP contribution is -2.53. The van der Waals surface area contributed by atoms with Crippen molar-refractivity contribution in [3.63, 3.8) is 0 Å². The van der Waals surface area contributed by atoms with Gasteiger partial charge < -0.3 is 10.1 Å². The Labute approximate surface area is 219 Å². The highest BCUT2D eigenvalue weighted by molar-refractivity contribution is 7.09. The highest BCUT2D eigenvalue weighted by Crippen LogP contribution is 2.68. The minimum Gasteiger partial charge on any atom is -0.444 e. The number of hydrogen-bond acceptors (Lipinski definition) is 3. The number of carbonyl (C=O) groups excluding carboxylic acids is 1. The predicted molar refractivity (Wildman–Crippen MR) is 147 cm³/mol. The third-order valence-corrected chi connectivity index (χ3v) is 12.0. The topological polar surface area (TPSA) is 38.3 Å². The molecule has 0 bridgehead atoms. The van der Waals surface area contributed by atoms with Crippen molar-refractivity contribution in [1.29, 1.82) is 0 Å². The van der Waals surface area contributed by atoms with Crippen LogP contribution < -0.4 is 5.32 Å². The molecule has 4 fully saturated rings. The molecular formula is C31H51NO2S. The van der Waals surface area contributed by atoms with Crippen molar-refractivity contribution >= 4 is 17.4 Å². The van der Waals surface area contributed by atoms with Gasteiger partial charge in [0.15, 0.2) is 0 Å². The Kier molecular flexibility index (Phi) is 8.93. The fourth-order valence-electron chi connectivity index (χ4n) is 9.46. The molecule has 4 aliphatic carbocycles. The van der Waals surface area contributed by atoms with Gasteiger partial charge in [0.1, 0.15) is 6.61 Å². The summed E-state index contributed by atoms with van der Waals surface area (Å²) in [6.45, 7) is 12.9. The van der Waals surface area contributed by atoms with Crippen LogP contribution in [0.15, 0.2) is 17.5 Å². The van der Waals surface area contributed by atoms with E-state index in [1.165, 1.54) is 64.2 Å². The number of rotatable bonds is 6. The zero-order valence-corrected chi connectivity index (χ0v) is 23.9. The summed E-state index contributed by atoms with van der Waals surface area (Å²) in [5.74, 6) is 5.39. The molecule has 0 aromatic carbocycles. The zero-order chi connectivity index (χ0) is 25.1. The highest BCUT2D eigenvalue weighted by Gasteiger charge is 2.60. The van der Waals surface area contributed by atoms with Gasteiger partial charge >= 0.3 is 6.09 Å². The number of alkyl carbamates (subject to hydrolysis) is 1. The Bertz CT molecular complexity index is 809. The molecule has 4 saturated carbocycles. The summed E-state index contributed by atoms with van der Waals surface area (Å²) in [5.41, 5.74) is 1.15. The fourth-order valence-corrected chi connectivity index (χ4v) is 10.1. The van der Waals surface area contributed by atoms with Crippen LogP contribution in [0.2, 0.25) is 0 Å². The number of fused-ring (bicyclic) bond motifs is 5. The summed E-state index contributed by atoms with van der Waals surface area (Å²) in [6.07, 6.45) is 15.5. The van der Waals surface area contributed by atoms with Gasteiger partial charge in [-0.05, 0) is 116 Å². The lowest BCUT2D eigenvalue weighted by molar-refractivity contribution is -0.114. The summed E-state index contributed by atoms with van der Waals surface area (Å²) in [4.78, 5) is 13.2. The van der Waals surface area contributed by atoms with Crippen LogP contribution >= 0.6 is 11.3 Å². The summed E-state index contributed by atoms with van der Waals surface area (Å²) in [7, 11) is 0. The number of thiophene rings is 1. The minimum atomic E-state index is -0.274. The number of carbonyl (C=O) groups is 1. The van der Waals surface area contributed by atoms with Crippen LogP contribution in [0.25, 0.3) is 0 Å². The molecule has 35 heavy (non-hydrogen) atoms. The Morgan fingerprint density at radius 3 is 2.63 bits per heavy atom. The number of nitrogens with one attached hydrogen (secondary N) is 1. The van der Waals surface area contributed by atoms with Crippen LogP contribution in [0, 0.1) is 46.3 Å². The van der Waals surface area contributed by atoms with Crippen LogP contribution in [0.5, 0.6) is 0 Å². The first-order chi connectivity index (χ1) is 16.9. The van der Waals surface area contributed by atoms with Gasteiger partial charge in [-0.25, -0.2) is 4.79 Å². The first-order valence-electron chi connectivity index (χ1n) is 14.8. The molecule has 1 aromatic rings. The molecule has 1 aromatic heterocycles. The maximum absolute atomic E-state index is 12.1. The van der Waals surface area contributed by atoms with Gasteiger partial charge in [0.2, 0.25) is 0 Å². The van der Waals surface area contributed by atoms with E-state index in [4.69, 9.17) is 4.74 Å². The maximum Gasteiger partial charge on any atom is 0.407 e. The van der Waals surface area contributed by atoms with Gasteiger partial charge in [-0.1, -0.05) is 53.5 Å². The van der Waals surface area contributed by atoms with E-state index in [0.717, 1.165) is 47.4 Å². The average molecular weight is 502 g/mol. The van der Waals surface area contributed by atoms with Gasteiger partial charge in [0.05, 0.1) is 0 Å². The molecule has 0 spiro atoms. The van der Waals surface area contributed by atoms with Gasteiger partial charge in [0, 0.05) is 11.4 Å². The molecular weight excluding hydrogens is 450 g/mol. The third kappa shape index (κ3) is 5.34. The molecule has 0 saturated heterocycles. The lowest BCUT2D eigenvalue weighted by atomic mass is 9.44. The van der Waals surface area contributed by atoms with E-state index >= 15 is 0 Å². The molecule has 1 heterocycles. The van der Waals surface area contributed by atoms with Gasteiger partial charge in [-0.2, -0.15) is 0 Å². The fraction of sp³-hybridized carbons (Fsp3) is 0.839. The molecule has 5 rings (SSSR count). The second-order valence-corrected chi connectivity index (χ2v) is 13.5. The summed E-state index contributed by atoms with van der Waals surface area (Å²) < 4.78 is 5.37. The lowest BCUT2D eigenvalue weighted by Gasteiger charge is -2.61. The van der Waals surface area contributed by atoms with Crippen molar-refractivity contribution in [2.24, 2.45) is 46.3 Å². The Morgan fingerprint density at radius 1 is 1.06 bits per heavy atom. The molecule has 1 amide bonds. The molecule has 8 atom stereocenters. The van der Waals surface area contributed by atoms with Crippen LogP contribution in [-0.2, 0) is 11.3 Å². The summed E-state index contributed by atoms with van der Waals surface area (Å²) >= 11 is 1.63. The Hall–Kier alpha value is -1.03. The Morgan fingerprint density at radius 2 is 1.86 bits per heavy atom. The van der Waals surface area contributed by atoms with Gasteiger partial charge in [-0.15, -0.1) is 11.3 Å². The number of amides is 1. The number of ether oxygens (including phenoxy) is 1. The van der Waals surface area contributed by atoms with E-state index in [1.54, 1.807) is 11.3 Å². The van der Waals surface area contributed by atoms with Gasteiger partial charge in [-0.3, -0.25) is 0 Å². The molecule has 0 radical (unpaired) electrons. The third-order valence-electron chi connectivity index (χ3n) is 11.1. The van der Waals surface area contributed by atoms with Crippen LogP contribution in [-0.4, -0.2) is 12.6 Å². The molecule has 4 heteroatoms. The summed E-state index contributed by atoms with van der Waals surface area (Å²) in [5, 5.41) is 5.03. The van der Waals surface area contributed by atoms with Crippen molar-refractivity contribution in [3.8, 4) is 0 Å². The van der Waals surface area contributed by atoms with Crippen molar-refractivity contribution in [2.75, 3.05) is 6.54 Å². The van der Waals surface area contributed by atoms with E-state index in [0.29, 0.717) is 23.4 Å². The predicted octanol–water partition coefficient (Wildman–Crippen LogP) is 9.08. The SMILES string of the molecule is CC.CC(CCNC(=O)OCc1cccs1)C1CCC2C3CCC4CCCCC4(C)C3CCC12C.